The molecule has 2 nitrogen and oxygen atoms in total. The second-order valence-electron chi connectivity index (χ2n) is 5.02. The van der Waals surface area contributed by atoms with Gasteiger partial charge in [0.05, 0.1) is 11.3 Å². The molecular formula is C15H19FN2. The minimum atomic E-state index is -0.357. The molecular weight excluding hydrogens is 227 g/mol. The van der Waals surface area contributed by atoms with Gasteiger partial charge < -0.3 is 5.32 Å². The lowest BCUT2D eigenvalue weighted by molar-refractivity contribution is 0.345. The molecule has 1 aromatic carbocycles. The van der Waals surface area contributed by atoms with Gasteiger partial charge in [-0.25, -0.2) is 4.39 Å². The molecule has 1 fully saturated rings. The summed E-state index contributed by atoms with van der Waals surface area (Å²) in [5.74, 6) is 0.460. The summed E-state index contributed by atoms with van der Waals surface area (Å²) in [5.41, 5.74) is 1.13. The van der Waals surface area contributed by atoms with Crippen LogP contribution in [0.3, 0.4) is 0 Å². The number of rotatable bonds is 4. The average molecular weight is 246 g/mol. The molecule has 1 aromatic rings. The zero-order chi connectivity index (χ0) is 12.8. The van der Waals surface area contributed by atoms with Crippen molar-refractivity contribution in [3.63, 3.8) is 0 Å². The second-order valence-corrected chi connectivity index (χ2v) is 5.02. The highest BCUT2D eigenvalue weighted by atomic mass is 19.1. The zero-order valence-corrected chi connectivity index (χ0v) is 10.6. The van der Waals surface area contributed by atoms with Crippen LogP contribution in [0.15, 0.2) is 18.2 Å². The quantitative estimate of drug-likeness (QED) is 0.868. The summed E-state index contributed by atoms with van der Waals surface area (Å²) in [6, 6.07) is 6.34. The normalized spacial score (nSPS) is 16.2. The van der Waals surface area contributed by atoms with Gasteiger partial charge in [0.15, 0.2) is 0 Å². The third kappa shape index (κ3) is 3.46. The van der Waals surface area contributed by atoms with Gasteiger partial charge in [0, 0.05) is 6.54 Å². The van der Waals surface area contributed by atoms with Gasteiger partial charge in [0.1, 0.15) is 11.9 Å². The molecule has 0 aliphatic heterocycles. The fourth-order valence-electron chi connectivity index (χ4n) is 2.65. The lowest BCUT2D eigenvalue weighted by Crippen LogP contribution is -2.12. The van der Waals surface area contributed by atoms with Crippen LogP contribution in [0.1, 0.15) is 44.1 Å². The van der Waals surface area contributed by atoms with Gasteiger partial charge >= 0.3 is 0 Å². The maximum absolute atomic E-state index is 13.0. The van der Waals surface area contributed by atoms with Crippen LogP contribution in [-0.4, -0.2) is 6.54 Å². The summed E-state index contributed by atoms with van der Waals surface area (Å²) in [5, 5.41) is 12.2. The van der Waals surface area contributed by atoms with Crippen molar-refractivity contribution in [2.45, 2.75) is 38.5 Å². The Labute approximate surface area is 108 Å². The summed E-state index contributed by atoms with van der Waals surface area (Å²) >= 11 is 0. The predicted octanol–water partition coefficient (Wildman–Crippen LogP) is 4.08. The number of anilines is 1. The minimum absolute atomic E-state index is 0.357. The topological polar surface area (TPSA) is 35.8 Å². The van der Waals surface area contributed by atoms with Crippen molar-refractivity contribution in [3.05, 3.63) is 29.6 Å². The van der Waals surface area contributed by atoms with Gasteiger partial charge in [-0.15, -0.1) is 0 Å². The van der Waals surface area contributed by atoms with Crippen LogP contribution in [0.2, 0.25) is 0 Å². The van der Waals surface area contributed by atoms with Crippen LogP contribution in [0, 0.1) is 23.1 Å². The smallest absolute Gasteiger partial charge is 0.124 e. The van der Waals surface area contributed by atoms with Crippen LogP contribution in [0.25, 0.3) is 0 Å². The first-order valence-electron chi connectivity index (χ1n) is 6.73. The molecule has 0 saturated heterocycles. The molecule has 0 spiro atoms. The van der Waals surface area contributed by atoms with E-state index in [1.807, 2.05) is 6.07 Å². The van der Waals surface area contributed by atoms with E-state index in [0.29, 0.717) is 5.56 Å². The Morgan fingerprint density at radius 3 is 2.78 bits per heavy atom. The monoisotopic (exact) mass is 246 g/mol. The number of nitrogens with zero attached hydrogens (tertiary/aromatic N) is 1. The van der Waals surface area contributed by atoms with E-state index in [-0.39, 0.29) is 5.82 Å². The summed E-state index contributed by atoms with van der Waals surface area (Å²) in [6.07, 6.45) is 7.88. The summed E-state index contributed by atoms with van der Waals surface area (Å²) in [7, 11) is 0. The molecule has 1 N–H and O–H groups in total. The van der Waals surface area contributed by atoms with Crippen molar-refractivity contribution in [2.75, 3.05) is 11.9 Å². The van der Waals surface area contributed by atoms with Crippen molar-refractivity contribution in [1.29, 1.82) is 5.26 Å². The highest BCUT2D eigenvalue weighted by molar-refractivity contribution is 5.57. The third-order valence-electron chi connectivity index (χ3n) is 3.69. The second kappa shape index (κ2) is 6.39. The van der Waals surface area contributed by atoms with Crippen LogP contribution in [0.5, 0.6) is 0 Å². The fourth-order valence-corrected chi connectivity index (χ4v) is 2.65. The maximum Gasteiger partial charge on any atom is 0.124 e. The Hall–Kier alpha value is -1.56. The van der Waals surface area contributed by atoms with Crippen LogP contribution >= 0.6 is 0 Å². The molecule has 0 amide bonds. The molecule has 0 heterocycles. The predicted molar refractivity (Wildman–Crippen MR) is 70.8 cm³/mol. The standard InChI is InChI=1S/C15H19FN2/c16-14-6-7-15(13(10-14)11-17)18-9-8-12-4-2-1-3-5-12/h6-7,10,12,18H,1-5,8-9H2. The molecule has 0 aromatic heterocycles. The molecule has 0 radical (unpaired) electrons. The first-order chi connectivity index (χ1) is 8.79. The third-order valence-corrected chi connectivity index (χ3v) is 3.69. The number of hydrogen-bond acceptors (Lipinski definition) is 2. The Morgan fingerprint density at radius 1 is 1.28 bits per heavy atom. The Bertz CT molecular complexity index is 431. The zero-order valence-electron chi connectivity index (χ0n) is 10.6. The number of hydrogen-bond donors (Lipinski definition) is 1. The van der Waals surface area contributed by atoms with E-state index in [4.69, 9.17) is 5.26 Å². The SMILES string of the molecule is N#Cc1cc(F)ccc1NCCC1CCCCC1. The molecule has 18 heavy (non-hydrogen) atoms. The Balaban J connectivity index is 1.84. The molecule has 2 rings (SSSR count). The molecule has 0 atom stereocenters. The fraction of sp³-hybridized carbons (Fsp3) is 0.533. The van der Waals surface area contributed by atoms with Crippen molar-refractivity contribution in [2.24, 2.45) is 5.92 Å². The van der Waals surface area contributed by atoms with E-state index >= 15 is 0 Å². The van der Waals surface area contributed by atoms with E-state index in [0.717, 1.165) is 24.6 Å². The van der Waals surface area contributed by atoms with E-state index in [1.165, 1.54) is 44.2 Å². The van der Waals surface area contributed by atoms with Gasteiger partial charge in [-0.2, -0.15) is 5.26 Å². The molecule has 3 heteroatoms. The molecule has 96 valence electrons. The van der Waals surface area contributed by atoms with Crippen LogP contribution in [0.4, 0.5) is 10.1 Å². The highest BCUT2D eigenvalue weighted by Crippen LogP contribution is 2.26. The van der Waals surface area contributed by atoms with Gasteiger partial charge in [-0.1, -0.05) is 32.1 Å². The molecule has 0 bridgehead atoms. The van der Waals surface area contributed by atoms with Crippen molar-refractivity contribution in [1.82, 2.24) is 0 Å². The number of nitriles is 1. The first-order valence-corrected chi connectivity index (χ1v) is 6.73. The molecule has 1 aliphatic rings. The van der Waals surface area contributed by atoms with Gasteiger partial charge in [-0.05, 0) is 30.5 Å². The summed E-state index contributed by atoms with van der Waals surface area (Å²) in [4.78, 5) is 0. The van der Waals surface area contributed by atoms with E-state index in [2.05, 4.69) is 5.32 Å². The van der Waals surface area contributed by atoms with Crippen molar-refractivity contribution in [3.8, 4) is 6.07 Å². The van der Waals surface area contributed by atoms with Gasteiger partial charge in [0.25, 0.3) is 0 Å². The highest BCUT2D eigenvalue weighted by Gasteiger charge is 2.13. The molecule has 1 saturated carbocycles. The van der Waals surface area contributed by atoms with E-state index in [1.54, 1.807) is 6.07 Å². The van der Waals surface area contributed by atoms with Crippen molar-refractivity contribution >= 4 is 5.69 Å². The summed E-state index contributed by atoms with van der Waals surface area (Å²) < 4.78 is 13.0. The number of nitrogens with one attached hydrogen (secondary N) is 1. The Kier molecular flexibility index (Phi) is 4.58. The van der Waals surface area contributed by atoms with Crippen LogP contribution in [-0.2, 0) is 0 Å². The number of halogens is 1. The average Bonchev–Trinajstić information content (AvgIpc) is 2.41. The van der Waals surface area contributed by atoms with Crippen molar-refractivity contribution < 1.29 is 4.39 Å². The maximum atomic E-state index is 13.0. The van der Waals surface area contributed by atoms with E-state index < -0.39 is 0 Å². The minimum Gasteiger partial charge on any atom is -0.384 e. The van der Waals surface area contributed by atoms with E-state index in [9.17, 15) is 4.39 Å². The first kappa shape index (κ1) is 12.9. The summed E-state index contributed by atoms with van der Waals surface area (Å²) in [6.45, 7) is 0.866. The lowest BCUT2D eigenvalue weighted by Gasteiger charge is -2.21. The lowest BCUT2D eigenvalue weighted by atomic mass is 9.87. The Morgan fingerprint density at radius 2 is 2.06 bits per heavy atom. The van der Waals surface area contributed by atoms with Crippen LogP contribution < -0.4 is 5.32 Å². The molecule has 1 aliphatic carbocycles. The largest absolute Gasteiger partial charge is 0.384 e. The van der Waals surface area contributed by atoms with Gasteiger partial charge in [-0.3, -0.25) is 0 Å². The number of benzene rings is 1. The molecule has 0 unspecified atom stereocenters. The van der Waals surface area contributed by atoms with Gasteiger partial charge in [0.2, 0.25) is 0 Å².